The summed E-state index contributed by atoms with van der Waals surface area (Å²) in [5.41, 5.74) is 5.29. The standard InChI is InChI=1S/C8H14ClN5O3S/c1-5(3-7(10)12-15)13-18(16,17)8-6(9)4-11-14(8)2/h4-5,13,15H,3H2,1-2H3,(H2,10,12). The van der Waals surface area contributed by atoms with E-state index in [0.29, 0.717) is 0 Å². The van der Waals surface area contributed by atoms with E-state index in [1.165, 1.54) is 13.2 Å². The van der Waals surface area contributed by atoms with Gasteiger partial charge in [0.05, 0.1) is 11.2 Å². The Kier molecular flexibility index (Phi) is 4.54. The molecule has 0 aliphatic rings. The van der Waals surface area contributed by atoms with Crippen LogP contribution in [0.15, 0.2) is 16.4 Å². The number of aromatic nitrogens is 2. The second-order valence-corrected chi connectivity index (χ2v) is 5.78. The van der Waals surface area contributed by atoms with Gasteiger partial charge in [-0.15, -0.1) is 0 Å². The van der Waals surface area contributed by atoms with Crippen molar-refractivity contribution in [3.63, 3.8) is 0 Å². The molecule has 0 saturated heterocycles. The van der Waals surface area contributed by atoms with Crippen molar-refractivity contribution in [1.82, 2.24) is 14.5 Å². The number of aryl methyl sites for hydroxylation is 1. The number of nitrogens with two attached hydrogens (primary N) is 1. The van der Waals surface area contributed by atoms with Crippen LogP contribution in [0.1, 0.15) is 13.3 Å². The number of hydrogen-bond donors (Lipinski definition) is 3. The number of oxime groups is 1. The molecule has 8 nitrogen and oxygen atoms in total. The molecule has 1 aromatic heterocycles. The van der Waals surface area contributed by atoms with Gasteiger partial charge in [0.25, 0.3) is 10.0 Å². The fourth-order valence-corrected chi connectivity index (χ4v) is 3.32. The Morgan fingerprint density at radius 1 is 1.78 bits per heavy atom. The molecule has 0 amide bonds. The highest BCUT2D eigenvalue weighted by Crippen LogP contribution is 2.19. The Bertz CT molecular complexity index is 534. The van der Waals surface area contributed by atoms with Crippen LogP contribution in [-0.2, 0) is 17.1 Å². The molecule has 1 atom stereocenters. The molecule has 1 unspecified atom stereocenters. The molecule has 0 aliphatic heterocycles. The lowest BCUT2D eigenvalue weighted by molar-refractivity contribution is 0.316. The van der Waals surface area contributed by atoms with E-state index < -0.39 is 16.1 Å². The van der Waals surface area contributed by atoms with Gasteiger partial charge in [0, 0.05) is 19.5 Å². The van der Waals surface area contributed by atoms with Crippen LogP contribution in [0.5, 0.6) is 0 Å². The second kappa shape index (κ2) is 5.55. The number of rotatable bonds is 5. The Morgan fingerprint density at radius 2 is 2.39 bits per heavy atom. The van der Waals surface area contributed by atoms with E-state index in [1.807, 2.05) is 0 Å². The average molecular weight is 296 g/mol. The molecule has 4 N–H and O–H groups in total. The summed E-state index contributed by atoms with van der Waals surface area (Å²) in [4.78, 5) is 0. The smallest absolute Gasteiger partial charge is 0.259 e. The molecule has 0 spiro atoms. The lowest BCUT2D eigenvalue weighted by Gasteiger charge is -2.13. The summed E-state index contributed by atoms with van der Waals surface area (Å²) in [5.74, 6) is -0.0682. The van der Waals surface area contributed by atoms with Gasteiger partial charge >= 0.3 is 0 Å². The number of halogens is 1. The Hall–Kier alpha value is -1.32. The maximum absolute atomic E-state index is 12.0. The molecule has 0 bridgehead atoms. The Labute approximate surface area is 109 Å². The molecule has 0 radical (unpaired) electrons. The molecule has 0 fully saturated rings. The molecule has 102 valence electrons. The van der Waals surface area contributed by atoms with Crippen LogP contribution in [-0.4, -0.2) is 35.3 Å². The molecule has 10 heteroatoms. The minimum Gasteiger partial charge on any atom is -0.409 e. The van der Waals surface area contributed by atoms with Crippen LogP contribution in [0.4, 0.5) is 0 Å². The van der Waals surface area contributed by atoms with Crippen molar-refractivity contribution in [2.45, 2.75) is 24.4 Å². The zero-order valence-electron chi connectivity index (χ0n) is 9.83. The molecular formula is C8H14ClN5O3S. The van der Waals surface area contributed by atoms with Crippen LogP contribution in [0.2, 0.25) is 5.02 Å². The van der Waals surface area contributed by atoms with Gasteiger partial charge in [-0.1, -0.05) is 16.8 Å². The monoisotopic (exact) mass is 295 g/mol. The number of nitrogens with zero attached hydrogens (tertiary/aromatic N) is 3. The lowest BCUT2D eigenvalue weighted by Crippen LogP contribution is -2.36. The molecule has 1 heterocycles. The third kappa shape index (κ3) is 3.34. The number of amidine groups is 1. The first kappa shape index (κ1) is 14.7. The van der Waals surface area contributed by atoms with Crippen molar-refractivity contribution in [3.05, 3.63) is 11.2 Å². The van der Waals surface area contributed by atoms with Gasteiger partial charge in [-0.25, -0.2) is 13.1 Å². The van der Waals surface area contributed by atoms with Gasteiger partial charge < -0.3 is 10.9 Å². The van der Waals surface area contributed by atoms with Gasteiger partial charge in [-0.05, 0) is 6.92 Å². The molecule has 1 aromatic rings. The predicted octanol–water partition coefficient (Wildman–Crippen LogP) is -0.123. The van der Waals surface area contributed by atoms with E-state index >= 15 is 0 Å². The molecule has 0 saturated carbocycles. The van der Waals surface area contributed by atoms with Crippen LogP contribution in [0.3, 0.4) is 0 Å². The van der Waals surface area contributed by atoms with E-state index in [9.17, 15) is 8.42 Å². The van der Waals surface area contributed by atoms with Crippen molar-refractivity contribution < 1.29 is 13.6 Å². The first-order chi connectivity index (χ1) is 8.27. The highest BCUT2D eigenvalue weighted by Gasteiger charge is 2.24. The summed E-state index contributed by atoms with van der Waals surface area (Å²) >= 11 is 5.76. The SMILES string of the molecule is CC(CC(N)=NO)NS(=O)(=O)c1c(Cl)cnn1C. The summed E-state index contributed by atoms with van der Waals surface area (Å²) in [7, 11) is -2.34. The van der Waals surface area contributed by atoms with Crippen LogP contribution < -0.4 is 10.5 Å². The predicted molar refractivity (Wildman–Crippen MR) is 66.0 cm³/mol. The number of sulfonamides is 1. The van der Waals surface area contributed by atoms with Crippen LogP contribution in [0.25, 0.3) is 0 Å². The van der Waals surface area contributed by atoms with Crippen molar-refractivity contribution in [1.29, 1.82) is 0 Å². The lowest BCUT2D eigenvalue weighted by atomic mass is 10.2. The minimum absolute atomic E-state index is 0.0287. The van der Waals surface area contributed by atoms with E-state index in [0.717, 1.165) is 4.68 Å². The summed E-state index contributed by atoms with van der Waals surface area (Å²) in [6, 6.07) is -0.545. The van der Waals surface area contributed by atoms with Crippen molar-refractivity contribution in [2.24, 2.45) is 17.9 Å². The molecule has 18 heavy (non-hydrogen) atoms. The normalized spacial score (nSPS) is 14.7. The zero-order valence-corrected chi connectivity index (χ0v) is 11.4. The average Bonchev–Trinajstić information content (AvgIpc) is 2.57. The van der Waals surface area contributed by atoms with Gasteiger partial charge in [0.1, 0.15) is 5.84 Å². The van der Waals surface area contributed by atoms with E-state index in [4.69, 9.17) is 22.5 Å². The highest BCUT2D eigenvalue weighted by atomic mass is 35.5. The molecule has 0 aliphatic carbocycles. The highest BCUT2D eigenvalue weighted by molar-refractivity contribution is 7.89. The molecule has 0 aromatic carbocycles. The van der Waals surface area contributed by atoms with Crippen molar-refractivity contribution in [2.75, 3.05) is 0 Å². The molecule has 1 rings (SSSR count). The fourth-order valence-electron chi connectivity index (χ4n) is 1.42. The summed E-state index contributed by atoms with van der Waals surface area (Å²) in [6.07, 6.45) is 1.32. The number of hydrogen-bond acceptors (Lipinski definition) is 5. The van der Waals surface area contributed by atoms with Gasteiger partial charge in [0.2, 0.25) is 0 Å². The Balaban J connectivity index is 2.90. The van der Waals surface area contributed by atoms with Crippen molar-refractivity contribution in [3.8, 4) is 0 Å². The topological polar surface area (TPSA) is 123 Å². The number of nitrogens with one attached hydrogen (secondary N) is 1. The third-order valence-corrected chi connectivity index (χ3v) is 4.19. The quantitative estimate of drug-likeness (QED) is 0.302. The third-order valence-electron chi connectivity index (χ3n) is 2.10. The molecular weight excluding hydrogens is 282 g/mol. The summed E-state index contributed by atoms with van der Waals surface area (Å²) in [6.45, 7) is 1.58. The maximum atomic E-state index is 12.0. The minimum atomic E-state index is -3.81. The summed E-state index contributed by atoms with van der Waals surface area (Å²) in [5, 5.41) is 14.8. The van der Waals surface area contributed by atoms with Gasteiger partial charge in [-0.3, -0.25) is 4.68 Å². The summed E-state index contributed by atoms with van der Waals surface area (Å²) < 4.78 is 27.5. The van der Waals surface area contributed by atoms with E-state index in [-0.39, 0.29) is 22.3 Å². The van der Waals surface area contributed by atoms with Crippen LogP contribution in [0, 0.1) is 0 Å². The van der Waals surface area contributed by atoms with Gasteiger partial charge in [0.15, 0.2) is 5.03 Å². The van der Waals surface area contributed by atoms with E-state index in [2.05, 4.69) is 15.0 Å². The maximum Gasteiger partial charge on any atom is 0.259 e. The Morgan fingerprint density at radius 3 is 2.83 bits per heavy atom. The van der Waals surface area contributed by atoms with Gasteiger partial charge in [-0.2, -0.15) is 5.10 Å². The first-order valence-electron chi connectivity index (χ1n) is 4.94. The zero-order chi connectivity index (χ0) is 13.9. The van der Waals surface area contributed by atoms with Crippen molar-refractivity contribution >= 4 is 27.5 Å². The van der Waals surface area contributed by atoms with E-state index in [1.54, 1.807) is 6.92 Å². The second-order valence-electron chi connectivity index (χ2n) is 3.74. The van der Waals surface area contributed by atoms with Crippen LogP contribution >= 0.6 is 11.6 Å². The fraction of sp³-hybridized carbons (Fsp3) is 0.500. The largest absolute Gasteiger partial charge is 0.409 e. The first-order valence-corrected chi connectivity index (χ1v) is 6.80.